The molecule has 0 aliphatic heterocycles. The van der Waals surface area contributed by atoms with Gasteiger partial charge in [-0.25, -0.2) is 0 Å². The summed E-state index contributed by atoms with van der Waals surface area (Å²) in [5.41, 5.74) is 5.48. The Morgan fingerprint density at radius 2 is 1.86 bits per heavy atom. The minimum atomic E-state index is -0.890. The first kappa shape index (κ1) is 37.0. The van der Waals surface area contributed by atoms with Crippen LogP contribution in [0.3, 0.4) is 0 Å². The summed E-state index contributed by atoms with van der Waals surface area (Å²) in [6.45, 7) is 5.31. The molecule has 6 unspecified atom stereocenters. The number of aromatic hydroxyl groups is 1. The normalized spacial score (nSPS) is 23.0. The van der Waals surface area contributed by atoms with Crippen LogP contribution in [0.4, 0.5) is 0 Å². The molecule has 7 N–H and O–H groups in total. The van der Waals surface area contributed by atoms with Crippen LogP contribution in [0.25, 0.3) is 0 Å². The number of hydrogen-bond acceptors (Lipinski definition) is 8. The van der Waals surface area contributed by atoms with Gasteiger partial charge in [0.15, 0.2) is 11.5 Å². The number of hydrogen-bond donors (Lipinski definition) is 7. The van der Waals surface area contributed by atoms with Crippen LogP contribution in [0.15, 0.2) is 34.7 Å². The zero-order valence-electron chi connectivity index (χ0n) is 30.5. The number of aromatic nitrogens is 1. The van der Waals surface area contributed by atoms with Crippen LogP contribution in [-0.2, 0) is 32.3 Å². The molecule has 0 bridgehead atoms. The highest BCUT2D eigenvalue weighted by atomic mass is 16.5. The van der Waals surface area contributed by atoms with E-state index in [1.165, 1.54) is 56.2 Å². The largest absolute Gasteiger partial charge is 0.504 e. The van der Waals surface area contributed by atoms with E-state index in [1.807, 2.05) is 32.2 Å². The number of rotatable bonds is 17. The van der Waals surface area contributed by atoms with Gasteiger partial charge in [0.05, 0.1) is 12.7 Å². The van der Waals surface area contributed by atoms with Crippen molar-refractivity contribution in [3.05, 3.63) is 69.9 Å². The average molecular weight is 692 g/mol. The van der Waals surface area contributed by atoms with Gasteiger partial charge < -0.3 is 45.2 Å². The molecular weight excluding hydrogens is 630 g/mol. The molecule has 276 valence electrons. The fraction of sp³-hybridized carbons (Fsp3) is 0.659. The number of unbranched alkanes of at least 4 members (excludes halogenated alkanes) is 1. The van der Waals surface area contributed by atoms with Crippen molar-refractivity contribution >= 4 is 0 Å². The second-order valence-corrected chi connectivity index (χ2v) is 15.6. The predicted octanol–water partition coefficient (Wildman–Crippen LogP) is 6.22. The molecule has 2 fully saturated rings. The van der Waals surface area contributed by atoms with Crippen molar-refractivity contribution in [2.45, 2.75) is 128 Å². The zero-order valence-corrected chi connectivity index (χ0v) is 30.5. The Labute approximate surface area is 298 Å². The molecule has 0 radical (unpaired) electrons. The number of H-pyrrole nitrogens is 1. The van der Waals surface area contributed by atoms with Gasteiger partial charge >= 0.3 is 0 Å². The molecule has 2 aromatic heterocycles. The first-order valence-corrected chi connectivity index (χ1v) is 19.4. The molecule has 0 saturated heterocycles. The van der Waals surface area contributed by atoms with Crippen LogP contribution in [-0.4, -0.2) is 64.3 Å². The van der Waals surface area contributed by atoms with Crippen molar-refractivity contribution in [3.63, 3.8) is 0 Å². The zero-order chi connectivity index (χ0) is 35.3. The molecule has 9 heteroatoms. The molecule has 3 aromatic rings. The maximum Gasteiger partial charge on any atom is 0.161 e. The summed E-state index contributed by atoms with van der Waals surface area (Å²) in [4.78, 5) is 3.71. The van der Waals surface area contributed by atoms with Gasteiger partial charge in [-0.2, -0.15) is 0 Å². The van der Waals surface area contributed by atoms with E-state index in [1.54, 1.807) is 6.07 Å². The summed E-state index contributed by atoms with van der Waals surface area (Å²) in [5, 5.41) is 49.3. The highest BCUT2D eigenvalue weighted by Crippen LogP contribution is 2.60. The first-order valence-electron chi connectivity index (χ1n) is 19.4. The first-order chi connectivity index (χ1) is 24.2. The van der Waals surface area contributed by atoms with E-state index in [-0.39, 0.29) is 30.9 Å². The number of phenols is 1. The van der Waals surface area contributed by atoms with E-state index in [9.17, 15) is 20.4 Å². The predicted molar refractivity (Wildman–Crippen MR) is 196 cm³/mol. The quantitative estimate of drug-likeness (QED) is 0.0885. The van der Waals surface area contributed by atoms with E-state index in [0.29, 0.717) is 42.4 Å². The topological polar surface area (TPSA) is 143 Å². The summed E-state index contributed by atoms with van der Waals surface area (Å²) in [5.74, 6) is 3.64. The van der Waals surface area contributed by atoms with Crippen LogP contribution in [0.1, 0.15) is 123 Å². The summed E-state index contributed by atoms with van der Waals surface area (Å²) in [7, 11) is 2.00. The lowest BCUT2D eigenvalue weighted by Gasteiger charge is -2.41. The average Bonchev–Trinajstić information content (AvgIpc) is 3.92. The van der Waals surface area contributed by atoms with E-state index < -0.39 is 12.2 Å². The molecule has 3 aliphatic carbocycles. The van der Waals surface area contributed by atoms with Gasteiger partial charge in [-0.1, -0.05) is 38.7 Å². The third-order valence-electron chi connectivity index (χ3n) is 12.1. The second-order valence-electron chi connectivity index (χ2n) is 15.6. The number of aliphatic hydroxyl groups is 3. The molecule has 0 amide bonds. The maximum absolute atomic E-state index is 11.5. The summed E-state index contributed by atoms with van der Waals surface area (Å²) in [6.07, 6.45) is 12.9. The second kappa shape index (κ2) is 16.7. The molecule has 1 spiro atoms. The third-order valence-corrected chi connectivity index (χ3v) is 12.1. The molecule has 9 nitrogen and oxygen atoms in total. The molecule has 2 saturated carbocycles. The number of likely N-dealkylation sites (N-methyl/N-ethyl adjacent to an activating group) is 1. The van der Waals surface area contributed by atoms with E-state index in [0.717, 1.165) is 60.6 Å². The summed E-state index contributed by atoms with van der Waals surface area (Å²) < 4.78 is 12.2. The molecule has 6 rings (SSSR count). The fourth-order valence-electron chi connectivity index (χ4n) is 9.75. The van der Waals surface area contributed by atoms with Crippen molar-refractivity contribution in [2.24, 2.45) is 17.3 Å². The molecule has 6 atom stereocenters. The number of fused-ring (bicyclic) bond motifs is 3. The minimum Gasteiger partial charge on any atom is -0.504 e. The summed E-state index contributed by atoms with van der Waals surface area (Å²) in [6, 6.07) is 9.68. The van der Waals surface area contributed by atoms with Crippen molar-refractivity contribution in [1.82, 2.24) is 15.6 Å². The van der Waals surface area contributed by atoms with Gasteiger partial charge in [-0.3, -0.25) is 0 Å². The molecule has 3 aliphatic rings. The number of ether oxygens (including phenoxy) is 1. The van der Waals surface area contributed by atoms with Gasteiger partial charge in [0.1, 0.15) is 24.2 Å². The Hall–Kier alpha value is -2.82. The van der Waals surface area contributed by atoms with Crippen molar-refractivity contribution < 1.29 is 29.6 Å². The van der Waals surface area contributed by atoms with Crippen molar-refractivity contribution in [2.75, 3.05) is 26.7 Å². The maximum atomic E-state index is 11.5. The highest BCUT2D eigenvalue weighted by Gasteiger charge is 2.53. The Balaban J connectivity index is 1.19. The minimum absolute atomic E-state index is 0.0112. The van der Waals surface area contributed by atoms with Gasteiger partial charge in [0.25, 0.3) is 0 Å². The van der Waals surface area contributed by atoms with Crippen LogP contribution in [0, 0.1) is 17.3 Å². The van der Waals surface area contributed by atoms with Crippen LogP contribution in [0.2, 0.25) is 0 Å². The van der Waals surface area contributed by atoms with Crippen LogP contribution < -0.4 is 15.4 Å². The number of furan rings is 1. The van der Waals surface area contributed by atoms with Crippen LogP contribution in [0.5, 0.6) is 11.5 Å². The highest BCUT2D eigenvalue weighted by molar-refractivity contribution is 5.42. The molecular formula is C41H61N3O6. The monoisotopic (exact) mass is 691 g/mol. The molecule has 1 aromatic carbocycles. The lowest BCUT2D eigenvalue weighted by atomic mass is 9.65. The smallest absolute Gasteiger partial charge is 0.161 e. The number of aryl methyl sites for hydroxylation is 3. The molecule has 50 heavy (non-hydrogen) atoms. The lowest BCUT2D eigenvalue weighted by Crippen LogP contribution is -2.47. The summed E-state index contributed by atoms with van der Waals surface area (Å²) >= 11 is 0. The fourth-order valence-corrected chi connectivity index (χ4v) is 9.75. The SMILES string of the molecule is CCCCc1oc(CCc2ccc(O)c(OCC(O)c3cc4c([nH]3)CC3(CCCC3)C3CCCC3C4C(CNC)NCC(C)O)c2)cc1CO. The van der Waals surface area contributed by atoms with E-state index >= 15 is 0 Å². The van der Waals surface area contributed by atoms with Crippen molar-refractivity contribution in [3.8, 4) is 11.5 Å². The Bertz CT molecular complexity index is 1520. The molecule has 2 heterocycles. The standard InChI is InChI=1S/C41H61N3O6/c1-4-5-11-38-28(24-45)19-29(50-38)14-12-27-13-15-36(47)39(18-27)49-25-37(48)33-20-31-34(44-33)21-41(16-6-7-17-41)32-10-8-9-30(32)40(31)35(23-42-3)43-22-26(2)46/h13,15,18-20,26,30,32,35,37,40,42-48H,4-12,14,16-17,21-25H2,1-3H3. The van der Waals surface area contributed by atoms with E-state index in [2.05, 4.69) is 28.6 Å². The Kier molecular flexibility index (Phi) is 12.3. The van der Waals surface area contributed by atoms with Crippen LogP contribution >= 0.6 is 0 Å². The number of nitrogens with one attached hydrogen (secondary N) is 3. The Morgan fingerprint density at radius 1 is 1.04 bits per heavy atom. The number of aliphatic hydroxyl groups excluding tert-OH is 3. The Morgan fingerprint density at radius 3 is 2.60 bits per heavy atom. The van der Waals surface area contributed by atoms with Gasteiger partial charge in [-0.05, 0) is 112 Å². The van der Waals surface area contributed by atoms with E-state index in [4.69, 9.17) is 9.15 Å². The van der Waals surface area contributed by atoms with Gasteiger partial charge in [-0.15, -0.1) is 0 Å². The lowest BCUT2D eigenvalue weighted by molar-refractivity contribution is 0.0996. The van der Waals surface area contributed by atoms with Gasteiger partial charge in [0.2, 0.25) is 0 Å². The van der Waals surface area contributed by atoms with Crippen molar-refractivity contribution in [1.29, 1.82) is 0 Å². The number of benzene rings is 1. The third kappa shape index (κ3) is 8.13. The van der Waals surface area contributed by atoms with Gasteiger partial charge in [0, 0.05) is 54.8 Å². The number of aromatic amines is 1. The number of phenolic OH excluding ortho intramolecular Hbond substituents is 1.